The highest BCUT2D eigenvalue weighted by molar-refractivity contribution is 7.89. The van der Waals surface area contributed by atoms with Crippen LogP contribution >= 0.6 is 0 Å². The molecule has 212 valence electrons. The first-order chi connectivity index (χ1) is 18.8. The first-order valence-electron chi connectivity index (χ1n) is 13.9. The van der Waals surface area contributed by atoms with Crippen LogP contribution in [-0.2, 0) is 10.0 Å². The number of aliphatic hydroxyl groups is 1. The fourth-order valence-electron chi connectivity index (χ4n) is 5.74. The zero-order chi connectivity index (χ0) is 27.6. The second-order valence-corrected chi connectivity index (χ2v) is 12.3. The van der Waals surface area contributed by atoms with Crippen LogP contribution in [-0.4, -0.2) is 88.2 Å². The van der Waals surface area contributed by atoms with E-state index in [0.717, 1.165) is 31.5 Å². The number of nitrogens with one attached hydrogen (secondary N) is 1. The van der Waals surface area contributed by atoms with Crippen LogP contribution in [0.5, 0.6) is 5.75 Å². The quantitative estimate of drug-likeness (QED) is 0.403. The Bertz CT molecular complexity index is 1470. The summed E-state index contributed by atoms with van der Waals surface area (Å²) in [6.07, 6.45) is 6.66. The number of sulfonamides is 1. The molecule has 12 heteroatoms. The number of fused-ring (bicyclic) bond motifs is 1. The second kappa shape index (κ2) is 11.7. The number of piperazine rings is 1. The molecule has 1 aromatic carbocycles. The standard InChI is InChI=1S/C27H38N6O5S/c1-3-38-23-11-10-21(39(36,37)32-14-12-31(13-15-32)16-17-34)18-22(23)25-29-27(35)24-19(2)28-26(33(24)30-25)20-8-6-4-5-7-9-20/h10-11,18,20,34H,3-9,12-17H2,1-2H3,(H,29,30,35). The molecule has 1 aliphatic carbocycles. The van der Waals surface area contributed by atoms with E-state index >= 15 is 0 Å². The molecule has 11 nitrogen and oxygen atoms in total. The first kappa shape index (κ1) is 27.8. The van der Waals surface area contributed by atoms with Crippen LogP contribution in [0.3, 0.4) is 0 Å². The number of benzene rings is 1. The molecule has 2 aromatic heterocycles. The van der Waals surface area contributed by atoms with E-state index in [9.17, 15) is 18.3 Å². The number of imidazole rings is 1. The molecular formula is C27H38N6O5S. The van der Waals surface area contributed by atoms with Gasteiger partial charge in [0.2, 0.25) is 10.0 Å². The van der Waals surface area contributed by atoms with Crippen LogP contribution in [0, 0.1) is 6.92 Å². The Morgan fingerprint density at radius 1 is 1.10 bits per heavy atom. The number of aliphatic hydroxyl groups excluding tert-OH is 1. The highest BCUT2D eigenvalue weighted by atomic mass is 32.2. The maximum absolute atomic E-state index is 13.6. The summed E-state index contributed by atoms with van der Waals surface area (Å²) in [5.74, 6) is 1.70. The van der Waals surface area contributed by atoms with Crippen molar-refractivity contribution in [3.05, 3.63) is 40.1 Å². The average Bonchev–Trinajstić information content (AvgIpc) is 3.08. The number of aromatic amines is 1. The van der Waals surface area contributed by atoms with Crippen molar-refractivity contribution >= 4 is 15.5 Å². The first-order valence-corrected chi connectivity index (χ1v) is 15.4. The molecule has 0 radical (unpaired) electrons. The number of β-amino-alcohol motifs (C(OH)–C–C–N with tert-alkyl or cyclic N) is 1. The zero-order valence-electron chi connectivity index (χ0n) is 22.7. The van der Waals surface area contributed by atoms with Crippen molar-refractivity contribution in [1.29, 1.82) is 0 Å². The molecule has 5 rings (SSSR count). The molecule has 3 aromatic rings. The molecule has 0 unspecified atom stereocenters. The number of ether oxygens (including phenoxy) is 1. The predicted molar refractivity (Wildman–Crippen MR) is 148 cm³/mol. The van der Waals surface area contributed by atoms with Gasteiger partial charge in [-0.3, -0.25) is 9.69 Å². The highest BCUT2D eigenvalue weighted by Gasteiger charge is 2.30. The van der Waals surface area contributed by atoms with Crippen LogP contribution < -0.4 is 10.3 Å². The van der Waals surface area contributed by atoms with Crippen LogP contribution in [0.15, 0.2) is 27.9 Å². The lowest BCUT2D eigenvalue weighted by molar-refractivity contribution is 0.151. The van der Waals surface area contributed by atoms with Gasteiger partial charge in [-0.15, -0.1) is 5.10 Å². The minimum absolute atomic E-state index is 0.0451. The van der Waals surface area contributed by atoms with Crippen molar-refractivity contribution in [3.63, 3.8) is 0 Å². The van der Waals surface area contributed by atoms with Gasteiger partial charge in [0.25, 0.3) is 5.56 Å². The van der Waals surface area contributed by atoms with Gasteiger partial charge in [0.05, 0.1) is 29.4 Å². The predicted octanol–water partition coefficient (Wildman–Crippen LogP) is 2.53. The summed E-state index contributed by atoms with van der Waals surface area (Å²) in [5.41, 5.74) is 1.14. The molecule has 0 atom stereocenters. The van der Waals surface area contributed by atoms with Gasteiger partial charge in [0.1, 0.15) is 11.6 Å². The van der Waals surface area contributed by atoms with E-state index in [1.54, 1.807) is 22.7 Å². The topological polar surface area (TPSA) is 133 Å². The molecule has 0 spiro atoms. The minimum Gasteiger partial charge on any atom is -0.493 e. The monoisotopic (exact) mass is 558 g/mol. The summed E-state index contributed by atoms with van der Waals surface area (Å²) in [6, 6.07) is 4.71. The van der Waals surface area contributed by atoms with Crippen LogP contribution in [0.25, 0.3) is 16.9 Å². The van der Waals surface area contributed by atoms with E-state index in [4.69, 9.17) is 14.8 Å². The maximum Gasteiger partial charge on any atom is 0.277 e. The number of rotatable bonds is 8. The maximum atomic E-state index is 13.6. The van der Waals surface area contributed by atoms with Gasteiger partial charge in [-0.05, 0) is 44.9 Å². The van der Waals surface area contributed by atoms with Crippen LogP contribution in [0.1, 0.15) is 62.9 Å². The Morgan fingerprint density at radius 3 is 2.49 bits per heavy atom. The normalized spacial score (nSPS) is 18.4. The largest absolute Gasteiger partial charge is 0.493 e. The van der Waals surface area contributed by atoms with E-state index < -0.39 is 10.0 Å². The van der Waals surface area contributed by atoms with Crippen LogP contribution in [0.2, 0.25) is 0 Å². The molecule has 2 N–H and O–H groups in total. The van der Waals surface area contributed by atoms with Gasteiger partial charge in [0.15, 0.2) is 11.3 Å². The molecule has 0 bridgehead atoms. The third-order valence-electron chi connectivity index (χ3n) is 7.81. The number of aryl methyl sites for hydroxylation is 1. The van der Waals surface area contributed by atoms with E-state index in [1.165, 1.54) is 17.1 Å². The number of H-pyrrole nitrogens is 1. The van der Waals surface area contributed by atoms with Gasteiger partial charge in [-0.2, -0.15) is 4.31 Å². The average molecular weight is 559 g/mol. The number of nitrogens with zero attached hydrogens (tertiary/aromatic N) is 5. The van der Waals surface area contributed by atoms with Gasteiger partial charge >= 0.3 is 0 Å². The Morgan fingerprint density at radius 2 is 1.82 bits per heavy atom. The van der Waals surface area contributed by atoms with Crippen molar-refractivity contribution in [2.45, 2.75) is 63.2 Å². The summed E-state index contributed by atoms with van der Waals surface area (Å²) in [4.78, 5) is 23.1. The third-order valence-corrected chi connectivity index (χ3v) is 9.71. The molecular weight excluding hydrogens is 520 g/mol. The SMILES string of the molecule is CCOc1ccc(S(=O)(=O)N2CCN(CCO)CC2)cc1-c1nn2c(C3CCCCCC3)nc(C)c2c(=O)[nH]1. The van der Waals surface area contributed by atoms with E-state index in [1.807, 2.05) is 18.7 Å². The number of hydrogen-bond acceptors (Lipinski definition) is 8. The molecule has 1 aliphatic heterocycles. The molecule has 2 aliphatic rings. The van der Waals surface area contributed by atoms with Crippen molar-refractivity contribution in [2.75, 3.05) is 45.9 Å². The lowest BCUT2D eigenvalue weighted by Gasteiger charge is -2.33. The highest BCUT2D eigenvalue weighted by Crippen LogP contribution is 2.34. The molecule has 2 fully saturated rings. The van der Waals surface area contributed by atoms with Gasteiger partial charge in [-0.1, -0.05) is 25.7 Å². The van der Waals surface area contributed by atoms with E-state index in [2.05, 4.69) is 4.98 Å². The minimum atomic E-state index is -3.79. The lowest BCUT2D eigenvalue weighted by atomic mass is 10.00. The van der Waals surface area contributed by atoms with Crippen molar-refractivity contribution < 1.29 is 18.3 Å². The molecule has 0 amide bonds. The molecule has 3 heterocycles. The Balaban J connectivity index is 1.56. The second-order valence-electron chi connectivity index (χ2n) is 10.4. The summed E-state index contributed by atoms with van der Waals surface area (Å²) < 4.78 is 36.1. The summed E-state index contributed by atoms with van der Waals surface area (Å²) in [5, 5.41) is 14.0. The Kier molecular flexibility index (Phi) is 8.36. The van der Waals surface area contributed by atoms with Crippen molar-refractivity contribution in [3.8, 4) is 17.1 Å². The zero-order valence-corrected chi connectivity index (χ0v) is 23.5. The van der Waals surface area contributed by atoms with Gasteiger partial charge in [0, 0.05) is 38.6 Å². The fourth-order valence-corrected chi connectivity index (χ4v) is 7.19. The third kappa shape index (κ3) is 5.60. The van der Waals surface area contributed by atoms with E-state index in [0.29, 0.717) is 61.9 Å². The van der Waals surface area contributed by atoms with E-state index in [-0.39, 0.29) is 28.8 Å². The molecule has 1 saturated carbocycles. The Labute approximate surface area is 228 Å². The number of aromatic nitrogens is 4. The fraction of sp³-hybridized carbons (Fsp3) is 0.593. The summed E-state index contributed by atoms with van der Waals surface area (Å²) in [7, 11) is -3.79. The van der Waals surface area contributed by atoms with Gasteiger partial charge < -0.3 is 14.8 Å². The number of hydrogen-bond donors (Lipinski definition) is 2. The Hall–Kier alpha value is -2.80. The molecule has 1 saturated heterocycles. The molecule has 39 heavy (non-hydrogen) atoms. The summed E-state index contributed by atoms with van der Waals surface area (Å²) >= 11 is 0. The summed E-state index contributed by atoms with van der Waals surface area (Å²) in [6.45, 7) is 6.40. The van der Waals surface area contributed by atoms with Gasteiger partial charge in [-0.25, -0.2) is 17.9 Å². The lowest BCUT2D eigenvalue weighted by Crippen LogP contribution is -2.49. The van der Waals surface area contributed by atoms with Crippen molar-refractivity contribution in [2.24, 2.45) is 0 Å². The van der Waals surface area contributed by atoms with Crippen molar-refractivity contribution in [1.82, 2.24) is 28.8 Å². The smallest absolute Gasteiger partial charge is 0.277 e. The van der Waals surface area contributed by atoms with Crippen LogP contribution in [0.4, 0.5) is 0 Å².